The Kier molecular flexibility index (Phi) is 5.80. The van der Waals surface area contributed by atoms with Crippen LogP contribution in [0.3, 0.4) is 0 Å². The standard InChI is InChI=1S/C25H24N4O2/c1-17-10-11-18(2)23(13-17)29-24(25(30)27-16-20-8-4-5-12-26-20)15-22(28-29)19-7-6-9-21(14-19)31-3/h4-15H,16H2,1-3H3,(H,27,30). The lowest BCUT2D eigenvalue weighted by Gasteiger charge is -2.11. The Hall–Kier alpha value is -3.93. The molecule has 0 bridgehead atoms. The Balaban J connectivity index is 1.75. The van der Waals surface area contributed by atoms with Crippen molar-refractivity contribution in [3.05, 3.63) is 95.4 Å². The van der Waals surface area contributed by atoms with Crippen LogP contribution in [-0.2, 0) is 6.54 Å². The van der Waals surface area contributed by atoms with Gasteiger partial charge in [-0.3, -0.25) is 9.78 Å². The SMILES string of the molecule is COc1cccc(-c2cc(C(=O)NCc3ccccn3)n(-c3cc(C)ccc3C)n2)c1. The summed E-state index contributed by atoms with van der Waals surface area (Å²) in [5.74, 6) is 0.521. The molecule has 6 nitrogen and oxygen atoms in total. The second-order valence-electron chi connectivity index (χ2n) is 7.35. The minimum Gasteiger partial charge on any atom is -0.497 e. The van der Waals surface area contributed by atoms with Gasteiger partial charge in [-0.15, -0.1) is 0 Å². The van der Waals surface area contributed by atoms with Crippen LogP contribution in [0.4, 0.5) is 0 Å². The summed E-state index contributed by atoms with van der Waals surface area (Å²) >= 11 is 0. The third-order valence-electron chi connectivity index (χ3n) is 5.06. The highest BCUT2D eigenvalue weighted by atomic mass is 16.5. The van der Waals surface area contributed by atoms with E-state index in [2.05, 4.69) is 10.3 Å². The number of rotatable bonds is 6. The molecule has 1 N–H and O–H groups in total. The van der Waals surface area contributed by atoms with Gasteiger partial charge < -0.3 is 10.1 Å². The predicted molar refractivity (Wildman–Crippen MR) is 120 cm³/mol. The van der Waals surface area contributed by atoms with E-state index in [9.17, 15) is 4.79 Å². The van der Waals surface area contributed by atoms with Gasteiger partial charge in [0.15, 0.2) is 0 Å². The summed E-state index contributed by atoms with van der Waals surface area (Å²) in [6.45, 7) is 4.37. The van der Waals surface area contributed by atoms with Crippen molar-refractivity contribution in [2.45, 2.75) is 20.4 Å². The van der Waals surface area contributed by atoms with Crippen LogP contribution >= 0.6 is 0 Å². The molecule has 2 heterocycles. The van der Waals surface area contributed by atoms with Crippen LogP contribution in [0.5, 0.6) is 5.75 Å². The highest BCUT2D eigenvalue weighted by Gasteiger charge is 2.19. The first-order valence-corrected chi connectivity index (χ1v) is 10.1. The van der Waals surface area contributed by atoms with Crippen molar-refractivity contribution in [3.8, 4) is 22.7 Å². The molecule has 0 saturated carbocycles. The van der Waals surface area contributed by atoms with Crippen LogP contribution in [0.2, 0.25) is 0 Å². The van der Waals surface area contributed by atoms with Gasteiger partial charge in [-0.1, -0.05) is 30.3 Å². The molecular formula is C25H24N4O2. The highest BCUT2D eigenvalue weighted by molar-refractivity contribution is 5.94. The number of methoxy groups -OCH3 is 1. The third kappa shape index (κ3) is 4.48. The fraction of sp³-hybridized carbons (Fsp3) is 0.160. The van der Waals surface area contributed by atoms with Crippen molar-refractivity contribution < 1.29 is 9.53 Å². The second-order valence-corrected chi connectivity index (χ2v) is 7.35. The topological polar surface area (TPSA) is 69.0 Å². The number of pyridine rings is 1. The minimum absolute atomic E-state index is 0.215. The minimum atomic E-state index is -0.215. The van der Waals surface area contributed by atoms with Gasteiger partial charge in [0, 0.05) is 11.8 Å². The van der Waals surface area contributed by atoms with E-state index in [0.717, 1.165) is 33.8 Å². The van der Waals surface area contributed by atoms with Crippen LogP contribution in [0.25, 0.3) is 16.9 Å². The maximum Gasteiger partial charge on any atom is 0.270 e. The molecule has 31 heavy (non-hydrogen) atoms. The third-order valence-corrected chi connectivity index (χ3v) is 5.06. The molecule has 156 valence electrons. The van der Waals surface area contributed by atoms with Gasteiger partial charge in [-0.05, 0) is 61.4 Å². The van der Waals surface area contributed by atoms with E-state index in [-0.39, 0.29) is 5.91 Å². The van der Waals surface area contributed by atoms with E-state index >= 15 is 0 Å². The zero-order chi connectivity index (χ0) is 21.8. The molecule has 0 unspecified atom stereocenters. The number of benzene rings is 2. The van der Waals surface area contributed by atoms with Crippen LogP contribution in [0.15, 0.2) is 72.9 Å². The summed E-state index contributed by atoms with van der Waals surface area (Å²) in [5, 5.41) is 7.75. The number of aryl methyl sites for hydroxylation is 2. The van der Waals surface area contributed by atoms with E-state index in [4.69, 9.17) is 9.84 Å². The number of ether oxygens (including phenoxy) is 1. The number of nitrogens with one attached hydrogen (secondary N) is 1. The predicted octanol–water partition coefficient (Wildman–Crippen LogP) is 4.49. The smallest absolute Gasteiger partial charge is 0.270 e. The molecule has 4 aromatic rings. The van der Waals surface area contributed by atoms with E-state index in [1.54, 1.807) is 18.0 Å². The molecule has 0 spiro atoms. The Morgan fingerprint density at radius 1 is 1.03 bits per heavy atom. The lowest BCUT2D eigenvalue weighted by Crippen LogP contribution is -2.26. The molecule has 0 aliphatic rings. The molecule has 2 aromatic carbocycles. The monoisotopic (exact) mass is 412 g/mol. The molecule has 0 fully saturated rings. The van der Waals surface area contributed by atoms with Crippen LogP contribution in [0, 0.1) is 13.8 Å². The second kappa shape index (κ2) is 8.83. The number of carbonyl (C=O) groups is 1. The van der Waals surface area contributed by atoms with Crippen LogP contribution in [-0.4, -0.2) is 27.8 Å². The molecule has 2 aromatic heterocycles. The first-order chi connectivity index (χ1) is 15.0. The summed E-state index contributed by atoms with van der Waals surface area (Å²) in [6, 6.07) is 21.2. The van der Waals surface area contributed by atoms with E-state index in [0.29, 0.717) is 17.9 Å². The Morgan fingerprint density at radius 3 is 2.68 bits per heavy atom. The molecule has 0 radical (unpaired) electrons. The van der Waals surface area contributed by atoms with Crippen molar-refractivity contribution in [3.63, 3.8) is 0 Å². The average molecular weight is 412 g/mol. The van der Waals surface area contributed by atoms with Crippen molar-refractivity contribution >= 4 is 5.91 Å². The van der Waals surface area contributed by atoms with E-state index in [1.807, 2.05) is 80.6 Å². The summed E-state index contributed by atoms with van der Waals surface area (Å²) in [4.78, 5) is 17.4. The Morgan fingerprint density at radius 2 is 1.90 bits per heavy atom. The zero-order valence-electron chi connectivity index (χ0n) is 17.8. The number of hydrogen-bond donors (Lipinski definition) is 1. The lowest BCUT2D eigenvalue weighted by molar-refractivity contribution is 0.0942. The summed E-state index contributed by atoms with van der Waals surface area (Å²) in [6.07, 6.45) is 1.71. The Bertz CT molecular complexity index is 1220. The average Bonchev–Trinajstić information content (AvgIpc) is 3.25. The maximum atomic E-state index is 13.2. The number of aromatic nitrogens is 3. The van der Waals surface area contributed by atoms with Crippen LogP contribution in [0.1, 0.15) is 27.3 Å². The van der Waals surface area contributed by atoms with Crippen molar-refractivity contribution in [2.24, 2.45) is 0 Å². The van der Waals surface area contributed by atoms with Crippen LogP contribution < -0.4 is 10.1 Å². The zero-order valence-corrected chi connectivity index (χ0v) is 17.8. The quantitative estimate of drug-likeness (QED) is 0.507. The van der Waals surface area contributed by atoms with Crippen molar-refractivity contribution in [2.75, 3.05) is 7.11 Å². The summed E-state index contributed by atoms with van der Waals surface area (Å²) in [7, 11) is 1.63. The van der Waals surface area contributed by atoms with Gasteiger partial charge in [0.05, 0.1) is 30.7 Å². The first-order valence-electron chi connectivity index (χ1n) is 10.1. The fourth-order valence-corrected chi connectivity index (χ4v) is 3.36. The number of nitrogens with zero attached hydrogens (tertiary/aromatic N) is 3. The van der Waals surface area contributed by atoms with Gasteiger partial charge in [0.1, 0.15) is 11.4 Å². The molecule has 1 amide bonds. The van der Waals surface area contributed by atoms with Gasteiger partial charge in [-0.25, -0.2) is 4.68 Å². The van der Waals surface area contributed by atoms with E-state index in [1.165, 1.54) is 0 Å². The number of carbonyl (C=O) groups excluding carboxylic acids is 1. The normalized spacial score (nSPS) is 10.7. The van der Waals surface area contributed by atoms with E-state index < -0.39 is 0 Å². The summed E-state index contributed by atoms with van der Waals surface area (Å²) < 4.78 is 7.06. The van der Waals surface area contributed by atoms with Gasteiger partial charge >= 0.3 is 0 Å². The molecule has 6 heteroatoms. The van der Waals surface area contributed by atoms with Gasteiger partial charge in [0.2, 0.25) is 0 Å². The number of amides is 1. The van der Waals surface area contributed by atoms with Gasteiger partial charge in [-0.2, -0.15) is 5.10 Å². The fourth-order valence-electron chi connectivity index (χ4n) is 3.36. The highest BCUT2D eigenvalue weighted by Crippen LogP contribution is 2.26. The molecule has 4 rings (SSSR count). The van der Waals surface area contributed by atoms with Crippen molar-refractivity contribution in [1.82, 2.24) is 20.1 Å². The van der Waals surface area contributed by atoms with Crippen molar-refractivity contribution in [1.29, 1.82) is 0 Å². The molecule has 0 aliphatic heterocycles. The number of hydrogen-bond acceptors (Lipinski definition) is 4. The summed E-state index contributed by atoms with van der Waals surface area (Å²) in [5.41, 5.74) is 5.83. The van der Waals surface area contributed by atoms with Gasteiger partial charge in [0.25, 0.3) is 5.91 Å². The molecular weight excluding hydrogens is 388 g/mol. The first kappa shape index (κ1) is 20.3. The maximum absolute atomic E-state index is 13.2. The molecule has 0 aliphatic carbocycles. The molecule has 0 atom stereocenters. The lowest BCUT2D eigenvalue weighted by atomic mass is 10.1. The molecule has 0 saturated heterocycles. The Labute approximate surface area is 181 Å². The largest absolute Gasteiger partial charge is 0.497 e.